The highest BCUT2D eigenvalue weighted by Crippen LogP contribution is 2.47. The van der Waals surface area contributed by atoms with E-state index < -0.39 is 34.8 Å². The number of methoxy groups -OCH3 is 2. The summed E-state index contributed by atoms with van der Waals surface area (Å²) in [4.78, 5) is 14.0. The Hall–Kier alpha value is -3.68. The van der Waals surface area contributed by atoms with Crippen molar-refractivity contribution in [3.05, 3.63) is 69.8 Å². The number of aryl methyl sites for hydroxylation is 1. The number of ether oxygens (including phenoxy) is 3. The first kappa shape index (κ1) is 24.4. The van der Waals surface area contributed by atoms with E-state index >= 15 is 0 Å². The molecule has 12 nitrogen and oxygen atoms in total. The Balaban J connectivity index is 1.92. The lowest BCUT2D eigenvalue weighted by atomic mass is 9.83. The van der Waals surface area contributed by atoms with Gasteiger partial charge in [-0.25, -0.2) is 4.39 Å². The fraction of sp³-hybridized carbons (Fsp3) is 0.409. The summed E-state index contributed by atoms with van der Waals surface area (Å²) >= 11 is 0. The molecule has 186 valence electrons. The van der Waals surface area contributed by atoms with Crippen molar-refractivity contribution < 1.29 is 28.6 Å². The standard InChI is InChI=1S/C22H25FN6O6/c1-22(21(33-3)34-4)20(30)19(16-11-15(29(31)32)9-10-17(16)35-22)28(12-18-24-26-27(2)25-18)14-7-5-13(23)6-8-14/h5-11,19-21,30H,12H2,1-4H3/t19-,20+,22+/m1/s1. The van der Waals surface area contributed by atoms with Crippen LogP contribution in [0.5, 0.6) is 5.75 Å². The first-order valence-electron chi connectivity index (χ1n) is 10.6. The van der Waals surface area contributed by atoms with Crippen LogP contribution in [0.3, 0.4) is 0 Å². The van der Waals surface area contributed by atoms with E-state index in [1.165, 1.54) is 61.5 Å². The van der Waals surface area contributed by atoms with Gasteiger partial charge in [0.2, 0.25) is 0 Å². The molecule has 0 amide bonds. The predicted molar refractivity (Wildman–Crippen MR) is 120 cm³/mol. The number of nitrogens with zero attached hydrogens (tertiary/aromatic N) is 6. The molecule has 1 aromatic heterocycles. The van der Waals surface area contributed by atoms with Crippen LogP contribution in [0, 0.1) is 15.9 Å². The van der Waals surface area contributed by atoms with E-state index in [1.807, 2.05) is 0 Å². The number of nitro benzene ring substituents is 1. The third-order valence-corrected chi connectivity index (χ3v) is 5.99. The van der Waals surface area contributed by atoms with Crippen LogP contribution < -0.4 is 9.64 Å². The minimum absolute atomic E-state index is 0.0457. The second kappa shape index (κ2) is 9.52. The van der Waals surface area contributed by atoms with Gasteiger partial charge < -0.3 is 24.2 Å². The highest BCUT2D eigenvalue weighted by atomic mass is 19.1. The maximum absolute atomic E-state index is 13.8. The van der Waals surface area contributed by atoms with Crippen molar-refractivity contribution in [2.45, 2.75) is 37.5 Å². The summed E-state index contributed by atoms with van der Waals surface area (Å²) < 4.78 is 30.8. The van der Waals surface area contributed by atoms with Gasteiger partial charge in [0.15, 0.2) is 17.7 Å². The molecular weight excluding hydrogens is 463 g/mol. The number of hydrogen-bond acceptors (Lipinski definition) is 10. The Kier molecular flexibility index (Phi) is 6.65. The van der Waals surface area contributed by atoms with E-state index in [-0.39, 0.29) is 12.2 Å². The Labute approximate surface area is 200 Å². The summed E-state index contributed by atoms with van der Waals surface area (Å²) in [7, 11) is 4.44. The fourth-order valence-electron chi connectivity index (χ4n) is 4.37. The van der Waals surface area contributed by atoms with Crippen molar-refractivity contribution in [2.24, 2.45) is 7.05 Å². The SMILES string of the molecule is COC(OC)[C@@]1(C)Oc2ccc([N+](=O)[O-])cc2[C@@H](N(Cc2nnn(C)n2)c2ccc(F)cc2)[C@@H]1O. The summed E-state index contributed by atoms with van der Waals surface area (Å²) in [6.45, 7) is 1.67. The van der Waals surface area contributed by atoms with Gasteiger partial charge in [-0.05, 0) is 42.5 Å². The van der Waals surface area contributed by atoms with Crippen LogP contribution in [0.2, 0.25) is 0 Å². The molecule has 0 aliphatic carbocycles. The number of benzene rings is 2. The normalized spacial score (nSPS) is 21.5. The number of halogens is 1. The molecule has 3 aromatic rings. The minimum Gasteiger partial charge on any atom is -0.479 e. The lowest BCUT2D eigenvalue weighted by molar-refractivity contribution is -0.385. The van der Waals surface area contributed by atoms with E-state index in [4.69, 9.17) is 14.2 Å². The smallest absolute Gasteiger partial charge is 0.270 e. The van der Waals surface area contributed by atoms with Crippen molar-refractivity contribution in [3.8, 4) is 5.75 Å². The second-order valence-electron chi connectivity index (χ2n) is 8.26. The van der Waals surface area contributed by atoms with Gasteiger partial charge in [-0.3, -0.25) is 10.1 Å². The molecule has 0 unspecified atom stereocenters. The minimum atomic E-state index is -1.43. The zero-order chi connectivity index (χ0) is 25.3. The first-order valence-corrected chi connectivity index (χ1v) is 10.6. The summed E-state index contributed by atoms with van der Waals surface area (Å²) in [5, 5.41) is 35.4. The Morgan fingerprint density at radius 1 is 1.29 bits per heavy atom. The molecule has 1 N–H and O–H groups in total. The maximum Gasteiger partial charge on any atom is 0.270 e. The number of aromatic nitrogens is 4. The van der Waals surface area contributed by atoms with E-state index in [9.17, 15) is 19.6 Å². The topological polar surface area (TPSA) is 138 Å². The van der Waals surface area contributed by atoms with Gasteiger partial charge >= 0.3 is 0 Å². The lowest BCUT2D eigenvalue weighted by Gasteiger charge is -2.49. The number of rotatable bonds is 8. The van der Waals surface area contributed by atoms with Gasteiger partial charge in [0.25, 0.3) is 5.69 Å². The van der Waals surface area contributed by atoms with Crippen LogP contribution in [0.1, 0.15) is 24.4 Å². The summed E-state index contributed by atoms with van der Waals surface area (Å²) in [5.41, 5.74) is -0.745. The highest BCUT2D eigenvalue weighted by Gasteiger charge is 2.54. The molecule has 0 saturated carbocycles. The molecule has 0 radical (unpaired) electrons. The molecule has 0 fully saturated rings. The van der Waals surface area contributed by atoms with E-state index in [0.717, 1.165) is 0 Å². The van der Waals surface area contributed by atoms with E-state index in [0.29, 0.717) is 22.8 Å². The molecule has 0 saturated heterocycles. The predicted octanol–water partition coefficient (Wildman–Crippen LogP) is 2.14. The Morgan fingerprint density at radius 2 is 1.97 bits per heavy atom. The highest BCUT2D eigenvalue weighted by molar-refractivity contribution is 5.55. The van der Waals surface area contributed by atoms with Crippen LogP contribution in [0.4, 0.5) is 15.8 Å². The van der Waals surface area contributed by atoms with Crippen LogP contribution in [-0.4, -0.2) is 62.5 Å². The van der Waals surface area contributed by atoms with Crippen molar-refractivity contribution >= 4 is 11.4 Å². The zero-order valence-corrected chi connectivity index (χ0v) is 19.5. The van der Waals surface area contributed by atoms with Gasteiger partial charge in [0.1, 0.15) is 17.7 Å². The number of fused-ring (bicyclic) bond motifs is 1. The van der Waals surface area contributed by atoms with Crippen LogP contribution >= 0.6 is 0 Å². The number of nitro groups is 1. The number of aliphatic hydroxyl groups is 1. The third-order valence-electron chi connectivity index (χ3n) is 5.99. The van der Waals surface area contributed by atoms with Crippen molar-refractivity contribution in [1.29, 1.82) is 0 Å². The van der Waals surface area contributed by atoms with Crippen molar-refractivity contribution in [2.75, 3.05) is 19.1 Å². The van der Waals surface area contributed by atoms with Gasteiger partial charge in [-0.15, -0.1) is 10.2 Å². The largest absolute Gasteiger partial charge is 0.479 e. The summed E-state index contributed by atoms with van der Waals surface area (Å²) in [5.74, 6) is 0.171. The van der Waals surface area contributed by atoms with Crippen LogP contribution in [0.15, 0.2) is 42.5 Å². The van der Waals surface area contributed by atoms with Gasteiger partial charge in [-0.2, -0.15) is 4.80 Å². The van der Waals surface area contributed by atoms with E-state index in [1.54, 1.807) is 18.9 Å². The van der Waals surface area contributed by atoms with Crippen LogP contribution in [0.25, 0.3) is 0 Å². The summed E-state index contributed by atoms with van der Waals surface area (Å²) in [6.07, 6.45) is -2.32. The third kappa shape index (κ3) is 4.52. The van der Waals surface area contributed by atoms with Crippen LogP contribution in [-0.2, 0) is 23.1 Å². The Morgan fingerprint density at radius 3 is 2.54 bits per heavy atom. The molecule has 1 aliphatic rings. The average Bonchev–Trinajstić information content (AvgIpc) is 3.24. The number of tetrazole rings is 1. The summed E-state index contributed by atoms with van der Waals surface area (Å²) in [6, 6.07) is 8.82. The molecule has 0 bridgehead atoms. The van der Waals surface area contributed by atoms with Gasteiger partial charge in [-0.1, -0.05) is 0 Å². The number of anilines is 1. The molecule has 4 rings (SSSR count). The maximum atomic E-state index is 13.8. The molecule has 3 atom stereocenters. The van der Waals surface area contributed by atoms with Crippen molar-refractivity contribution in [3.63, 3.8) is 0 Å². The lowest BCUT2D eigenvalue weighted by Crippen LogP contribution is -2.62. The first-order chi connectivity index (χ1) is 16.7. The van der Waals surface area contributed by atoms with Gasteiger partial charge in [0, 0.05) is 37.6 Å². The molecule has 2 aromatic carbocycles. The number of hydrogen-bond donors (Lipinski definition) is 1. The average molecular weight is 488 g/mol. The van der Waals surface area contributed by atoms with Crippen molar-refractivity contribution in [1.82, 2.24) is 20.2 Å². The molecule has 13 heteroatoms. The number of non-ortho nitro benzene ring substituents is 1. The molecule has 0 spiro atoms. The van der Waals surface area contributed by atoms with E-state index in [2.05, 4.69) is 15.4 Å². The zero-order valence-electron chi connectivity index (χ0n) is 19.5. The Bertz CT molecular complexity index is 1200. The molecule has 35 heavy (non-hydrogen) atoms. The molecular formula is C22H25FN6O6. The fourth-order valence-corrected chi connectivity index (χ4v) is 4.37. The second-order valence-corrected chi connectivity index (χ2v) is 8.26. The quantitative estimate of drug-likeness (QED) is 0.285. The molecule has 1 aliphatic heterocycles. The number of aliphatic hydroxyl groups excluding tert-OH is 1. The molecule has 2 heterocycles. The van der Waals surface area contributed by atoms with Gasteiger partial charge in [0.05, 0.1) is 24.6 Å². The monoisotopic (exact) mass is 488 g/mol.